The lowest BCUT2D eigenvalue weighted by Crippen LogP contribution is -2.39. The highest BCUT2D eigenvalue weighted by Crippen LogP contribution is 2.42. The Morgan fingerprint density at radius 1 is 1.00 bits per heavy atom. The van der Waals surface area contributed by atoms with Crippen LogP contribution in [0.2, 0.25) is 0 Å². The average molecular weight is 286 g/mol. The highest BCUT2D eigenvalue weighted by atomic mass is 16.3. The molecule has 1 aromatic carbocycles. The molecule has 0 aliphatic heterocycles. The first-order valence-electron chi connectivity index (χ1n) is 6.84. The van der Waals surface area contributed by atoms with Gasteiger partial charge >= 0.3 is 0 Å². The molecule has 4 heteroatoms. The molecule has 3 atom stereocenters. The van der Waals surface area contributed by atoms with Gasteiger partial charge in [-0.3, -0.25) is 14.4 Å². The Kier molecular flexibility index (Phi) is 4.07. The molecule has 0 bridgehead atoms. The van der Waals surface area contributed by atoms with E-state index in [0.717, 1.165) is 0 Å². The maximum Gasteiger partial charge on any atom is 0.166 e. The molecule has 0 saturated carbocycles. The van der Waals surface area contributed by atoms with Crippen LogP contribution in [0.1, 0.15) is 32.3 Å². The van der Waals surface area contributed by atoms with Gasteiger partial charge in [0.25, 0.3) is 0 Å². The summed E-state index contributed by atoms with van der Waals surface area (Å²) in [4.78, 5) is 36.2. The molecule has 1 aromatic rings. The third-order valence-corrected chi connectivity index (χ3v) is 4.04. The van der Waals surface area contributed by atoms with Crippen molar-refractivity contribution in [3.05, 3.63) is 41.5 Å². The standard InChI is InChI=1S/C17H18O4/c1-9-8-14(21)16(11(3)19)17(15(9)10(2)18)12-4-6-13(20)7-5-12/h4-8,15-17,20H,1-3H3. The van der Waals surface area contributed by atoms with E-state index in [1.807, 2.05) is 0 Å². The van der Waals surface area contributed by atoms with E-state index >= 15 is 0 Å². The number of aromatic hydroxyl groups is 1. The van der Waals surface area contributed by atoms with E-state index < -0.39 is 17.8 Å². The molecule has 0 amide bonds. The summed E-state index contributed by atoms with van der Waals surface area (Å²) < 4.78 is 0. The van der Waals surface area contributed by atoms with Crippen LogP contribution in [0, 0.1) is 11.8 Å². The predicted octanol–water partition coefficient (Wildman–Crippen LogP) is 2.42. The number of phenols is 1. The second-order valence-electron chi connectivity index (χ2n) is 5.58. The molecule has 1 aliphatic rings. The fourth-order valence-electron chi connectivity index (χ4n) is 3.16. The van der Waals surface area contributed by atoms with Crippen LogP contribution in [0.4, 0.5) is 0 Å². The van der Waals surface area contributed by atoms with Crippen LogP contribution in [0.3, 0.4) is 0 Å². The fraction of sp³-hybridized carbons (Fsp3) is 0.353. The summed E-state index contributed by atoms with van der Waals surface area (Å²) in [5, 5.41) is 9.40. The number of allylic oxidation sites excluding steroid dienone is 2. The largest absolute Gasteiger partial charge is 0.508 e. The van der Waals surface area contributed by atoms with Gasteiger partial charge in [-0.25, -0.2) is 0 Å². The highest BCUT2D eigenvalue weighted by Gasteiger charge is 2.43. The van der Waals surface area contributed by atoms with Crippen molar-refractivity contribution in [1.29, 1.82) is 0 Å². The van der Waals surface area contributed by atoms with Crippen molar-refractivity contribution in [2.75, 3.05) is 0 Å². The Morgan fingerprint density at radius 2 is 1.52 bits per heavy atom. The zero-order valence-electron chi connectivity index (χ0n) is 12.3. The molecule has 4 nitrogen and oxygen atoms in total. The van der Waals surface area contributed by atoms with Crippen LogP contribution < -0.4 is 0 Å². The molecule has 0 aromatic heterocycles. The van der Waals surface area contributed by atoms with E-state index in [0.29, 0.717) is 11.1 Å². The molecule has 21 heavy (non-hydrogen) atoms. The van der Waals surface area contributed by atoms with Crippen molar-refractivity contribution in [3.63, 3.8) is 0 Å². The minimum absolute atomic E-state index is 0.0689. The van der Waals surface area contributed by atoms with Gasteiger partial charge in [0.15, 0.2) is 5.78 Å². The minimum Gasteiger partial charge on any atom is -0.508 e. The minimum atomic E-state index is -0.841. The molecular weight excluding hydrogens is 268 g/mol. The summed E-state index contributed by atoms with van der Waals surface area (Å²) in [6.07, 6.45) is 1.41. The van der Waals surface area contributed by atoms with Gasteiger partial charge in [-0.05, 0) is 44.5 Å². The van der Waals surface area contributed by atoms with Crippen LogP contribution in [-0.2, 0) is 14.4 Å². The number of carbonyl (C=O) groups is 3. The Morgan fingerprint density at radius 3 is 2.00 bits per heavy atom. The van der Waals surface area contributed by atoms with Crippen molar-refractivity contribution >= 4 is 17.3 Å². The zero-order chi connectivity index (χ0) is 15.7. The molecule has 0 heterocycles. The van der Waals surface area contributed by atoms with Gasteiger partial charge in [0, 0.05) is 11.8 Å². The van der Waals surface area contributed by atoms with Crippen molar-refractivity contribution < 1.29 is 19.5 Å². The predicted molar refractivity (Wildman–Crippen MR) is 78.0 cm³/mol. The molecule has 1 aliphatic carbocycles. The lowest BCUT2D eigenvalue weighted by molar-refractivity contribution is -0.132. The van der Waals surface area contributed by atoms with Crippen molar-refractivity contribution in [2.24, 2.45) is 11.8 Å². The number of hydrogen-bond acceptors (Lipinski definition) is 4. The van der Waals surface area contributed by atoms with Crippen LogP contribution in [0.5, 0.6) is 5.75 Å². The third-order valence-electron chi connectivity index (χ3n) is 4.04. The third kappa shape index (κ3) is 2.79. The number of hydrogen-bond donors (Lipinski definition) is 1. The summed E-state index contributed by atoms with van der Waals surface area (Å²) in [6, 6.07) is 6.33. The molecule has 0 fully saturated rings. The SMILES string of the molecule is CC(=O)C1C(=O)C=C(C)C(C(C)=O)C1c1ccc(O)cc1. The molecule has 2 rings (SSSR count). The lowest BCUT2D eigenvalue weighted by Gasteiger charge is -2.34. The van der Waals surface area contributed by atoms with E-state index in [1.54, 1.807) is 19.1 Å². The number of carbonyl (C=O) groups excluding carboxylic acids is 3. The van der Waals surface area contributed by atoms with Gasteiger partial charge in [-0.1, -0.05) is 17.7 Å². The summed E-state index contributed by atoms with van der Waals surface area (Å²) in [5.41, 5.74) is 1.40. The van der Waals surface area contributed by atoms with E-state index in [1.165, 1.54) is 32.1 Å². The molecule has 0 radical (unpaired) electrons. The molecule has 3 unspecified atom stereocenters. The van der Waals surface area contributed by atoms with Gasteiger partial charge in [0.1, 0.15) is 17.3 Å². The second-order valence-corrected chi connectivity index (χ2v) is 5.58. The zero-order valence-corrected chi connectivity index (χ0v) is 12.3. The maximum absolute atomic E-state index is 12.2. The first kappa shape index (κ1) is 15.2. The maximum atomic E-state index is 12.2. The van der Waals surface area contributed by atoms with Crippen LogP contribution in [0.15, 0.2) is 35.9 Å². The van der Waals surface area contributed by atoms with E-state index in [4.69, 9.17) is 0 Å². The molecule has 0 saturated heterocycles. The van der Waals surface area contributed by atoms with E-state index in [2.05, 4.69) is 0 Å². The smallest absolute Gasteiger partial charge is 0.166 e. The molecule has 1 N–H and O–H groups in total. The van der Waals surface area contributed by atoms with Gasteiger partial charge in [0.05, 0.1) is 5.92 Å². The van der Waals surface area contributed by atoms with Gasteiger partial charge in [0.2, 0.25) is 0 Å². The van der Waals surface area contributed by atoms with Gasteiger partial charge in [-0.2, -0.15) is 0 Å². The van der Waals surface area contributed by atoms with Crippen LogP contribution in [-0.4, -0.2) is 22.5 Å². The fourth-order valence-corrected chi connectivity index (χ4v) is 3.16. The summed E-state index contributed by atoms with van der Waals surface area (Å²) in [7, 11) is 0. The summed E-state index contributed by atoms with van der Waals surface area (Å²) in [5.74, 6) is -2.29. The summed E-state index contributed by atoms with van der Waals surface area (Å²) >= 11 is 0. The number of Topliss-reactive ketones (excluding diaryl/α,β-unsaturated/α-hetero) is 2. The van der Waals surface area contributed by atoms with Crippen LogP contribution >= 0.6 is 0 Å². The highest BCUT2D eigenvalue weighted by molar-refractivity contribution is 6.10. The Labute approximate surface area is 123 Å². The lowest BCUT2D eigenvalue weighted by atomic mass is 9.66. The number of benzene rings is 1. The van der Waals surface area contributed by atoms with E-state index in [9.17, 15) is 19.5 Å². The van der Waals surface area contributed by atoms with E-state index in [-0.39, 0.29) is 23.1 Å². The second kappa shape index (κ2) is 5.64. The Balaban J connectivity index is 2.60. The number of rotatable bonds is 3. The molecular formula is C17H18O4. The molecule has 0 spiro atoms. The van der Waals surface area contributed by atoms with Crippen molar-refractivity contribution in [3.8, 4) is 5.75 Å². The Bertz CT molecular complexity index is 625. The van der Waals surface area contributed by atoms with Gasteiger partial charge < -0.3 is 5.11 Å². The Hall–Kier alpha value is -2.23. The van der Waals surface area contributed by atoms with Crippen molar-refractivity contribution in [2.45, 2.75) is 26.7 Å². The first-order chi connectivity index (χ1) is 9.82. The average Bonchev–Trinajstić information content (AvgIpc) is 2.37. The molecule has 110 valence electrons. The first-order valence-corrected chi connectivity index (χ1v) is 6.84. The van der Waals surface area contributed by atoms with Crippen LogP contribution in [0.25, 0.3) is 0 Å². The number of ketones is 3. The van der Waals surface area contributed by atoms with Crippen molar-refractivity contribution in [1.82, 2.24) is 0 Å². The topological polar surface area (TPSA) is 71.4 Å². The van der Waals surface area contributed by atoms with Gasteiger partial charge in [-0.15, -0.1) is 0 Å². The number of phenolic OH excluding ortho intramolecular Hbond substituents is 1. The quantitative estimate of drug-likeness (QED) is 0.866. The summed E-state index contributed by atoms with van der Waals surface area (Å²) in [6.45, 7) is 4.60. The normalized spacial score (nSPS) is 25.4. The monoisotopic (exact) mass is 286 g/mol.